The third-order valence-electron chi connectivity index (χ3n) is 4.44. The molecule has 1 amide bonds. The summed E-state index contributed by atoms with van der Waals surface area (Å²) < 4.78 is 5.60. The Kier molecular flexibility index (Phi) is 8.52. The van der Waals surface area contributed by atoms with Gasteiger partial charge in [0.05, 0.1) is 6.61 Å². The Balaban J connectivity index is 1.52. The van der Waals surface area contributed by atoms with E-state index in [2.05, 4.69) is 29.1 Å². The van der Waals surface area contributed by atoms with Crippen molar-refractivity contribution in [1.82, 2.24) is 15.1 Å². The van der Waals surface area contributed by atoms with Crippen LogP contribution in [-0.2, 0) is 4.79 Å². The number of carbonyl (C=O) groups is 1. The molecule has 1 aliphatic heterocycles. The largest absolute Gasteiger partial charge is 0.494 e. The monoisotopic (exact) mass is 367 g/mol. The van der Waals surface area contributed by atoms with E-state index in [0.717, 1.165) is 45.0 Å². The minimum Gasteiger partial charge on any atom is -0.494 e. The Morgan fingerprint density at radius 3 is 2.60 bits per heavy atom. The predicted octanol–water partition coefficient (Wildman–Crippen LogP) is 2.50. The van der Waals surface area contributed by atoms with Gasteiger partial charge in [0, 0.05) is 50.7 Å². The fraction of sp³-hybridized carbons (Fsp3) is 0.632. The fourth-order valence-corrected chi connectivity index (χ4v) is 2.99. The molecule has 1 aromatic rings. The smallest absolute Gasteiger partial charge is 0.220 e. The van der Waals surface area contributed by atoms with Gasteiger partial charge in [-0.1, -0.05) is 18.5 Å². The van der Waals surface area contributed by atoms with Crippen LogP contribution < -0.4 is 10.1 Å². The summed E-state index contributed by atoms with van der Waals surface area (Å²) in [5.41, 5.74) is 0. The van der Waals surface area contributed by atoms with Crippen molar-refractivity contribution in [3.63, 3.8) is 0 Å². The number of ether oxygens (including phenoxy) is 1. The van der Waals surface area contributed by atoms with Crippen molar-refractivity contribution in [1.29, 1.82) is 0 Å². The summed E-state index contributed by atoms with van der Waals surface area (Å²) in [5.74, 6) is 1.35. The van der Waals surface area contributed by atoms with Gasteiger partial charge in [-0.15, -0.1) is 0 Å². The van der Waals surface area contributed by atoms with Gasteiger partial charge >= 0.3 is 0 Å². The lowest BCUT2D eigenvalue weighted by Crippen LogP contribution is -2.46. The minimum atomic E-state index is 0.102. The molecule has 25 heavy (non-hydrogen) atoms. The number of carbonyl (C=O) groups excluding carboxylic acids is 1. The average molecular weight is 368 g/mol. The minimum absolute atomic E-state index is 0.102. The van der Waals surface area contributed by atoms with Crippen molar-refractivity contribution in [2.45, 2.75) is 19.8 Å². The van der Waals surface area contributed by atoms with Gasteiger partial charge in [0.1, 0.15) is 5.75 Å². The second kappa shape index (κ2) is 10.6. The third kappa shape index (κ3) is 8.08. The molecular weight excluding hydrogens is 338 g/mol. The van der Waals surface area contributed by atoms with Gasteiger partial charge in [0.15, 0.2) is 0 Å². The summed E-state index contributed by atoms with van der Waals surface area (Å²) >= 11 is 5.83. The van der Waals surface area contributed by atoms with Gasteiger partial charge in [-0.05, 0) is 43.7 Å². The molecule has 1 N–H and O–H groups in total. The first kappa shape index (κ1) is 20.0. The number of halogens is 1. The average Bonchev–Trinajstić information content (AvgIpc) is 2.60. The Morgan fingerprint density at radius 1 is 1.24 bits per heavy atom. The highest BCUT2D eigenvalue weighted by atomic mass is 35.5. The number of rotatable bonds is 9. The van der Waals surface area contributed by atoms with E-state index in [1.165, 1.54) is 0 Å². The zero-order chi connectivity index (χ0) is 18.1. The van der Waals surface area contributed by atoms with Crippen LogP contribution in [0.2, 0.25) is 5.02 Å². The summed E-state index contributed by atoms with van der Waals surface area (Å²) in [6, 6.07) is 7.27. The van der Waals surface area contributed by atoms with Crippen LogP contribution in [0.5, 0.6) is 5.75 Å². The predicted molar refractivity (Wildman–Crippen MR) is 102 cm³/mol. The quantitative estimate of drug-likeness (QED) is 0.681. The number of hydrogen-bond donors (Lipinski definition) is 1. The lowest BCUT2D eigenvalue weighted by Gasteiger charge is -2.33. The molecule has 1 heterocycles. The molecule has 0 radical (unpaired) electrons. The van der Waals surface area contributed by atoms with Crippen LogP contribution in [0.25, 0.3) is 0 Å². The molecule has 1 unspecified atom stereocenters. The normalized spacial score (nSPS) is 17.2. The Morgan fingerprint density at radius 2 is 1.92 bits per heavy atom. The Labute approximate surface area is 156 Å². The second-order valence-corrected chi connectivity index (χ2v) is 7.36. The molecule has 1 aromatic carbocycles. The van der Waals surface area contributed by atoms with Crippen LogP contribution in [0, 0.1) is 5.92 Å². The van der Waals surface area contributed by atoms with Crippen LogP contribution >= 0.6 is 11.6 Å². The van der Waals surface area contributed by atoms with Crippen molar-refractivity contribution in [3.05, 3.63) is 29.3 Å². The maximum atomic E-state index is 11.9. The molecule has 1 saturated heterocycles. The van der Waals surface area contributed by atoms with E-state index >= 15 is 0 Å². The van der Waals surface area contributed by atoms with Crippen molar-refractivity contribution in [2.24, 2.45) is 5.92 Å². The van der Waals surface area contributed by atoms with Gasteiger partial charge in [0.25, 0.3) is 0 Å². The first-order valence-electron chi connectivity index (χ1n) is 9.09. The fourth-order valence-electron chi connectivity index (χ4n) is 2.87. The number of benzene rings is 1. The molecule has 0 bridgehead atoms. The topological polar surface area (TPSA) is 44.8 Å². The number of nitrogens with zero attached hydrogens (tertiary/aromatic N) is 2. The second-order valence-electron chi connectivity index (χ2n) is 6.92. The Bertz CT molecular complexity index is 516. The summed E-state index contributed by atoms with van der Waals surface area (Å²) in [7, 11) is 2.16. The van der Waals surface area contributed by atoms with Gasteiger partial charge in [0.2, 0.25) is 5.91 Å². The van der Waals surface area contributed by atoms with Crippen LogP contribution in [0.1, 0.15) is 19.8 Å². The van der Waals surface area contributed by atoms with Crippen molar-refractivity contribution in [3.8, 4) is 5.75 Å². The van der Waals surface area contributed by atoms with E-state index in [-0.39, 0.29) is 5.91 Å². The van der Waals surface area contributed by atoms with Crippen molar-refractivity contribution < 1.29 is 9.53 Å². The summed E-state index contributed by atoms with van der Waals surface area (Å²) in [4.78, 5) is 16.8. The zero-order valence-electron chi connectivity index (χ0n) is 15.3. The van der Waals surface area contributed by atoms with Gasteiger partial charge in [-0.25, -0.2) is 0 Å². The van der Waals surface area contributed by atoms with Crippen molar-refractivity contribution in [2.75, 3.05) is 52.9 Å². The van der Waals surface area contributed by atoms with Gasteiger partial charge < -0.3 is 19.9 Å². The highest BCUT2D eigenvalue weighted by Gasteiger charge is 2.16. The standard InChI is InChI=1S/C19H30ClN3O2/c1-16(15-23-11-9-22(2)10-12-23)14-21-19(24)4-3-13-25-18-7-5-17(20)6-8-18/h5-8,16H,3-4,9-15H2,1-2H3,(H,21,24). The molecule has 1 atom stereocenters. The number of likely N-dealkylation sites (N-methyl/N-ethyl adjacent to an activating group) is 1. The molecular formula is C19H30ClN3O2. The SMILES string of the molecule is CC(CNC(=O)CCCOc1ccc(Cl)cc1)CN1CCN(C)CC1. The highest BCUT2D eigenvalue weighted by molar-refractivity contribution is 6.30. The van der Waals surface area contributed by atoms with Crippen molar-refractivity contribution >= 4 is 17.5 Å². The molecule has 140 valence electrons. The number of nitrogens with one attached hydrogen (secondary N) is 1. The zero-order valence-corrected chi connectivity index (χ0v) is 16.1. The highest BCUT2D eigenvalue weighted by Crippen LogP contribution is 2.15. The third-order valence-corrected chi connectivity index (χ3v) is 4.70. The lowest BCUT2D eigenvalue weighted by molar-refractivity contribution is -0.121. The van der Waals surface area contributed by atoms with E-state index in [1.807, 2.05) is 12.1 Å². The van der Waals surface area contributed by atoms with Crippen LogP contribution in [0.3, 0.4) is 0 Å². The number of amides is 1. The summed E-state index contributed by atoms with van der Waals surface area (Å²) in [6.07, 6.45) is 1.20. The maximum absolute atomic E-state index is 11.9. The molecule has 5 nitrogen and oxygen atoms in total. The summed E-state index contributed by atoms with van der Waals surface area (Å²) in [6.45, 7) is 9.03. The maximum Gasteiger partial charge on any atom is 0.220 e. The number of piperazine rings is 1. The first-order chi connectivity index (χ1) is 12.0. The molecule has 0 aliphatic carbocycles. The molecule has 1 fully saturated rings. The van der Waals surface area contributed by atoms with E-state index in [9.17, 15) is 4.79 Å². The van der Waals surface area contributed by atoms with E-state index in [4.69, 9.17) is 16.3 Å². The summed E-state index contributed by atoms with van der Waals surface area (Å²) in [5, 5.41) is 3.73. The molecule has 0 saturated carbocycles. The molecule has 1 aliphatic rings. The van der Waals surface area contributed by atoms with Gasteiger partial charge in [-0.2, -0.15) is 0 Å². The van der Waals surface area contributed by atoms with Crippen LogP contribution in [0.4, 0.5) is 0 Å². The molecule has 6 heteroatoms. The van der Waals surface area contributed by atoms with E-state index in [0.29, 0.717) is 30.4 Å². The van der Waals surface area contributed by atoms with E-state index in [1.54, 1.807) is 12.1 Å². The molecule has 0 aromatic heterocycles. The molecule has 0 spiro atoms. The number of hydrogen-bond acceptors (Lipinski definition) is 4. The Hall–Kier alpha value is -1.30. The van der Waals surface area contributed by atoms with Crippen LogP contribution in [-0.4, -0.2) is 68.6 Å². The lowest BCUT2D eigenvalue weighted by atomic mass is 10.1. The van der Waals surface area contributed by atoms with Gasteiger partial charge in [-0.3, -0.25) is 4.79 Å². The first-order valence-corrected chi connectivity index (χ1v) is 9.46. The molecule has 2 rings (SSSR count). The van der Waals surface area contributed by atoms with E-state index < -0.39 is 0 Å². The van der Waals surface area contributed by atoms with Crippen LogP contribution in [0.15, 0.2) is 24.3 Å².